The van der Waals surface area contributed by atoms with E-state index in [4.69, 9.17) is 9.47 Å². The van der Waals surface area contributed by atoms with Crippen molar-refractivity contribution in [2.45, 2.75) is 33.5 Å². The number of benzene rings is 1. The molecule has 1 rings (SSSR count). The van der Waals surface area contributed by atoms with Gasteiger partial charge in [-0.1, -0.05) is 17.7 Å². The molecule has 0 spiro atoms. The molecule has 3 nitrogen and oxygen atoms in total. The number of Topliss-reactive ketones (excluding diaryl/α,β-unsaturated/α-hetero) is 1. The van der Waals surface area contributed by atoms with Crippen molar-refractivity contribution in [3.05, 3.63) is 34.4 Å². The van der Waals surface area contributed by atoms with Gasteiger partial charge in [0, 0.05) is 19.8 Å². The van der Waals surface area contributed by atoms with Gasteiger partial charge in [-0.05, 0) is 31.9 Å². The van der Waals surface area contributed by atoms with E-state index in [1.54, 1.807) is 0 Å². The second-order valence-electron chi connectivity index (χ2n) is 4.30. The number of ether oxygens (including phenoxy) is 2. The average molecular weight is 236 g/mol. The second kappa shape index (κ2) is 5.94. The van der Waals surface area contributed by atoms with Crippen LogP contribution < -0.4 is 0 Å². The van der Waals surface area contributed by atoms with Crippen LogP contribution in [0.3, 0.4) is 0 Å². The number of hydrogen-bond acceptors (Lipinski definition) is 3. The van der Waals surface area contributed by atoms with Crippen molar-refractivity contribution in [1.29, 1.82) is 0 Å². The maximum Gasteiger partial charge on any atom is 0.168 e. The molecule has 0 saturated carbocycles. The molecule has 0 saturated heterocycles. The Morgan fingerprint density at radius 2 is 1.59 bits per heavy atom. The topological polar surface area (TPSA) is 35.5 Å². The van der Waals surface area contributed by atoms with E-state index in [0.717, 1.165) is 16.7 Å². The van der Waals surface area contributed by atoms with Crippen LogP contribution in [-0.4, -0.2) is 26.3 Å². The van der Waals surface area contributed by atoms with Crippen molar-refractivity contribution in [3.63, 3.8) is 0 Å². The number of ketones is 1. The number of carbonyl (C=O) groups is 1. The summed E-state index contributed by atoms with van der Waals surface area (Å²) in [6.45, 7) is 5.95. The Kier molecular flexibility index (Phi) is 4.85. The fraction of sp³-hybridized carbons (Fsp3) is 0.500. The van der Waals surface area contributed by atoms with Gasteiger partial charge < -0.3 is 9.47 Å². The molecular formula is C14H20O3. The van der Waals surface area contributed by atoms with Crippen LogP contribution in [-0.2, 0) is 9.47 Å². The van der Waals surface area contributed by atoms with Crippen LogP contribution in [0.5, 0.6) is 0 Å². The zero-order chi connectivity index (χ0) is 13.0. The van der Waals surface area contributed by atoms with Gasteiger partial charge in [0.05, 0.1) is 6.42 Å². The van der Waals surface area contributed by atoms with E-state index in [1.807, 2.05) is 32.9 Å². The van der Waals surface area contributed by atoms with Crippen LogP contribution in [0.1, 0.15) is 33.5 Å². The minimum absolute atomic E-state index is 0.0636. The number of carbonyl (C=O) groups excluding carboxylic acids is 1. The molecule has 0 radical (unpaired) electrons. The first-order valence-electron chi connectivity index (χ1n) is 5.66. The van der Waals surface area contributed by atoms with Crippen molar-refractivity contribution in [1.82, 2.24) is 0 Å². The molecule has 0 N–H and O–H groups in total. The maximum atomic E-state index is 12.2. The summed E-state index contributed by atoms with van der Waals surface area (Å²) >= 11 is 0. The fourth-order valence-corrected chi connectivity index (χ4v) is 2.14. The van der Waals surface area contributed by atoms with Gasteiger partial charge in [0.1, 0.15) is 0 Å². The standard InChI is InChI=1S/C14H20O3/c1-9-6-10(2)14(11(3)7-9)12(15)8-13(16-4)17-5/h6-7,13H,8H2,1-5H3. The molecule has 0 bridgehead atoms. The Balaban J connectivity index is 2.96. The average Bonchev–Trinajstić information content (AvgIpc) is 2.24. The fourth-order valence-electron chi connectivity index (χ4n) is 2.14. The summed E-state index contributed by atoms with van der Waals surface area (Å²) in [6.07, 6.45) is -0.222. The lowest BCUT2D eigenvalue weighted by Crippen LogP contribution is -2.19. The van der Waals surface area contributed by atoms with Crippen molar-refractivity contribution >= 4 is 5.78 Å². The van der Waals surface area contributed by atoms with E-state index in [0.29, 0.717) is 0 Å². The van der Waals surface area contributed by atoms with Gasteiger partial charge in [-0.3, -0.25) is 4.79 Å². The zero-order valence-electron chi connectivity index (χ0n) is 11.2. The lowest BCUT2D eigenvalue weighted by atomic mass is 9.95. The monoisotopic (exact) mass is 236 g/mol. The van der Waals surface area contributed by atoms with Gasteiger partial charge in [-0.2, -0.15) is 0 Å². The number of methoxy groups -OCH3 is 2. The molecule has 94 valence electrons. The SMILES string of the molecule is COC(CC(=O)c1c(C)cc(C)cc1C)OC. The quantitative estimate of drug-likeness (QED) is 0.582. The first kappa shape index (κ1) is 13.9. The van der Waals surface area contributed by atoms with Crippen molar-refractivity contribution in [2.75, 3.05) is 14.2 Å². The lowest BCUT2D eigenvalue weighted by molar-refractivity contribution is -0.0993. The second-order valence-corrected chi connectivity index (χ2v) is 4.30. The third-order valence-corrected chi connectivity index (χ3v) is 2.83. The lowest BCUT2D eigenvalue weighted by Gasteiger charge is -2.15. The first-order valence-corrected chi connectivity index (χ1v) is 5.66. The van der Waals surface area contributed by atoms with E-state index >= 15 is 0 Å². The van der Waals surface area contributed by atoms with E-state index in [1.165, 1.54) is 19.8 Å². The predicted octanol–water partition coefficient (Wildman–Crippen LogP) is 2.80. The summed E-state index contributed by atoms with van der Waals surface area (Å²) in [4.78, 5) is 12.2. The molecular weight excluding hydrogens is 216 g/mol. The van der Waals surface area contributed by atoms with Crippen molar-refractivity contribution < 1.29 is 14.3 Å². The molecule has 3 heteroatoms. The summed E-state index contributed by atoms with van der Waals surface area (Å²) < 4.78 is 10.1. The minimum Gasteiger partial charge on any atom is -0.355 e. The molecule has 0 aromatic heterocycles. The summed E-state index contributed by atoms with van der Waals surface area (Å²) in [5.74, 6) is 0.0636. The number of hydrogen-bond donors (Lipinski definition) is 0. The molecule has 1 aromatic rings. The summed E-state index contributed by atoms with van der Waals surface area (Å²) in [5.41, 5.74) is 3.98. The van der Waals surface area contributed by atoms with Crippen LogP contribution in [0, 0.1) is 20.8 Å². The van der Waals surface area contributed by atoms with Crippen LogP contribution in [0.4, 0.5) is 0 Å². The molecule has 0 aliphatic rings. The normalized spacial score (nSPS) is 10.9. The molecule has 0 fully saturated rings. The Morgan fingerprint density at radius 1 is 1.12 bits per heavy atom. The Morgan fingerprint density at radius 3 is 2.00 bits per heavy atom. The summed E-state index contributed by atoms with van der Waals surface area (Å²) in [5, 5.41) is 0. The van der Waals surface area contributed by atoms with Gasteiger partial charge in [-0.25, -0.2) is 0 Å². The number of rotatable bonds is 5. The Hall–Kier alpha value is -1.19. The zero-order valence-corrected chi connectivity index (χ0v) is 11.2. The molecule has 0 unspecified atom stereocenters. The molecule has 1 aromatic carbocycles. The molecule has 0 atom stereocenters. The van der Waals surface area contributed by atoms with Gasteiger partial charge in [0.25, 0.3) is 0 Å². The molecule has 0 amide bonds. The highest BCUT2D eigenvalue weighted by molar-refractivity contribution is 5.99. The number of aryl methyl sites for hydroxylation is 3. The highest BCUT2D eigenvalue weighted by Crippen LogP contribution is 2.19. The minimum atomic E-state index is -0.470. The van der Waals surface area contributed by atoms with Crippen molar-refractivity contribution in [3.8, 4) is 0 Å². The Labute approximate surface area is 103 Å². The van der Waals surface area contributed by atoms with E-state index < -0.39 is 6.29 Å². The Bertz CT molecular complexity index is 383. The van der Waals surface area contributed by atoms with E-state index in [-0.39, 0.29) is 12.2 Å². The molecule has 0 heterocycles. The van der Waals surface area contributed by atoms with Crippen molar-refractivity contribution in [2.24, 2.45) is 0 Å². The van der Waals surface area contributed by atoms with Crippen LogP contribution >= 0.6 is 0 Å². The largest absolute Gasteiger partial charge is 0.355 e. The molecule has 0 aliphatic carbocycles. The predicted molar refractivity (Wildman–Crippen MR) is 67.4 cm³/mol. The third kappa shape index (κ3) is 3.38. The molecule has 0 aliphatic heterocycles. The third-order valence-electron chi connectivity index (χ3n) is 2.83. The first-order chi connectivity index (χ1) is 7.99. The van der Waals surface area contributed by atoms with Gasteiger partial charge in [0.2, 0.25) is 0 Å². The van der Waals surface area contributed by atoms with Gasteiger partial charge in [0.15, 0.2) is 12.1 Å². The van der Waals surface area contributed by atoms with E-state index in [9.17, 15) is 4.79 Å². The van der Waals surface area contributed by atoms with Crippen LogP contribution in [0.15, 0.2) is 12.1 Å². The van der Waals surface area contributed by atoms with Gasteiger partial charge in [-0.15, -0.1) is 0 Å². The summed E-state index contributed by atoms with van der Waals surface area (Å²) in [7, 11) is 3.08. The van der Waals surface area contributed by atoms with Crippen LogP contribution in [0.2, 0.25) is 0 Å². The highest BCUT2D eigenvalue weighted by atomic mass is 16.7. The smallest absolute Gasteiger partial charge is 0.168 e. The molecule has 17 heavy (non-hydrogen) atoms. The van der Waals surface area contributed by atoms with Gasteiger partial charge >= 0.3 is 0 Å². The van der Waals surface area contributed by atoms with E-state index in [2.05, 4.69) is 0 Å². The summed E-state index contributed by atoms with van der Waals surface area (Å²) in [6, 6.07) is 4.05. The highest BCUT2D eigenvalue weighted by Gasteiger charge is 2.17. The van der Waals surface area contributed by atoms with Crippen LogP contribution in [0.25, 0.3) is 0 Å². The maximum absolute atomic E-state index is 12.2.